The van der Waals surface area contributed by atoms with E-state index in [-0.39, 0.29) is 5.41 Å². The largest absolute Gasteiger partial charge is 0.444 e. The van der Waals surface area contributed by atoms with Gasteiger partial charge in [-0.2, -0.15) is 0 Å². The van der Waals surface area contributed by atoms with Crippen molar-refractivity contribution in [1.82, 2.24) is 20.6 Å². The highest BCUT2D eigenvalue weighted by Crippen LogP contribution is 2.23. The summed E-state index contributed by atoms with van der Waals surface area (Å²) < 4.78 is 5.56. The van der Waals surface area contributed by atoms with E-state index in [1.807, 2.05) is 30.3 Å². The second-order valence-electron chi connectivity index (χ2n) is 7.17. The van der Waals surface area contributed by atoms with E-state index < -0.39 is 0 Å². The van der Waals surface area contributed by atoms with Crippen molar-refractivity contribution in [3.63, 3.8) is 0 Å². The minimum Gasteiger partial charge on any atom is -0.444 e. The normalized spacial score (nSPS) is 12.2. The van der Waals surface area contributed by atoms with E-state index in [4.69, 9.17) is 4.42 Å². The Morgan fingerprint density at radius 2 is 1.85 bits per heavy atom. The van der Waals surface area contributed by atoms with Crippen LogP contribution in [0.5, 0.6) is 0 Å². The molecule has 0 radical (unpaired) electrons. The van der Waals surface area contributed by atoms with E-state index in [1.54, 1.807) is 24.6 Å². The first-order valence-electron chi connectivity index (χ1n) is 8.85. The Morgan fingerprint density at radius 1 is 1.11 bits per heavy atom. The van der Waals surface area contributed by atoms with Gasteiger partial charge in [0.15, 0.2) is 5.96 Å². The molecule has 2 aromatic heterocycles. The first kappa shape index (κ1) is 19.1. The maximum Gasteiger partial charge on any atom is 0.226 e. The monoisotopic (exact) mass is 383 g/mol. The molecule has 0 aliphatic heterocycles. The lowest BCUT2D eigenvalue weighted by Crippen LogP contribution is -2.36. The molecule has 0 bridgehead atoms. The summed E-state index contributed by atoms with van der Waals surface area (Å²) in [4.78, 5) is 13.5. The van der Waals surface area contributed by atoms with Crippen LogP contribution in [0, 0.1) is 0 Å². The van der Waals surface area contributed by atoms with Gasteiger partial charge < -0.3 is 15.1 Å². The van der Waals surface area contributed by atoms with Crippen molar-refractivity contribution >= 4 is 17.3 Å². The molecule has 0 unspecified atom stereocenters. The fourth-order valence-electron chi connectivity index (χ4n) is 2.39. The standard InChI is InChI=1S/C20H25N5OS/c1-20(2,3)16-13-27-17(25-16)11-23-19(21-4)22-10-15-12-26-18(24-15)14-8-6-5-7-9-14/h5-9,12-13H,10-11H2,1-4H3,(H2,21,22,23). The van der Waals surface area contributed by atoms with Crippen LogP contribution in [0.2, 0.25) is 0 Å². The van der Waals surface area contributed by atoms with Gasteiger partial charge in [0, 0.05) is 23.4 Å². The van der Waals surface area contributed by atoms with Crippen molar-refractivity contribution in [2.75, 3.05) is 7.05 Å². The summed E-state index contributed by atoms with van der Waals surface area (Å²) in [7, 11) is 1.75. The van der Waals surface area contributed by atoms with Gasteiger partial charge >= 0.3 is 0 Å². The minimum atomic E-state index is 0.0675. The second kappa shape index (κ2) is 8.35. The lowest BCUT2D eigenvalue weighted by Gasteiger charge is -2.14. The molecule has 0 amide bonds. The van der Waals surface area contributed by atoms with Crippen LogP contribution in [0.4, 0.5) is 0 Å². The fraction of sp³-hybridized carbons (Fsp3) is 0.350. The predicted molar refractivity (Wildman–Crippen MR) is 110 cm³/mol. The van der Waals surface area contributed by atoms with E-state index in [2.05, 4.69) is 51.7 Å². The smallest absolute Gasteiger partial charge is 0.226 e. The van der Waals surface area contributed by atoms with Crippen molar-refractivity contribution in [3.8, 4) is 11.5 Å². The number of rotatable bonds is 5. The zero-order valence-corrected chi connectivity index (χ0v) is 16.9. The Hall–Kier alpha value is -2.67. The molecule has 2 heterocycles. The molecule has 0 fully saturated rings. The topological polar surface area (TPSA) is 75.3 Å². The molecule has 27 heavy (non-hydrogen) atoms. The van der Waals surface area contributed by atoms with Crippen LogP contribution in [-0.4, -0.2) is 23.0 Å². The summed E-state index contributed by atoms with van der Waals surface area (Å²) in [6.07, 6.45) is 1.67. The molecule has 3 aromatic rings. The third-order valence-electron chi connectivity index (χ3n) is 3.96. The Morgan fingerprint density at radius 3 is 2.52 bits per heavy atom. The molecule has 0 saturated heterocycles. The molecule has 6 nitrogen and oxygen atoms in total. The highest BCUT2D eigenvalue weighted by atomic mass is 32.1. The fourth-order valence-corrected chi connectivity index (χ4v) is 3.35. The van der Waals surface area contributed by atoms with E-state index in [0.717, 1.165) is 22.0 Å². The molecule has 1 aromatic carbocycles. The number of benzene rings is 1. The Bertz CT molecular complexity index is 892. The molecule has 0 aliphatic rings. The average molecular weight is 384 g/mol. The average Bonchev–Trinajstić information content (AvgIpc) is 3.32. The van der Waals surface area contributed by atoms with Crippen LogP contribution in [0.25, 0.3) is 11.5 Å². The number of thiazole rings is 1. The summed E-state index contributed by atoms with van der Waals surface area (Å²) in [5.41, 5.74) is 2.96. The number of hydrogen-bond donors (Lipinski definition) is 2. The third-order valence-corrected chi connectivity index (χ3v) is 4.81. The maximum absolute atomic E-state index is 5.56. The highest BCUT2D eigenvalue weighted by molar-refractivity contribution is 7.09. The second-order valence-corrected chi connectivity index (χ2v) is 8.11. The number of guanidine groups is 1. The number of oxazole rings is 1. The molecule has 0 atom stereocenters. The lowest BCUT2D eigenvalue weighted by atomic mass is 9.93. The van der Waals surface area contributed by atoms with Crippen molar-refractivity contribution in [1.29, 1.82) is 0 Å². The Labute approximate surface area is 163 Å². The van der Waals surface area contributed by atoms with Gasteiger partial charge in [0.05, 0.1) is 24.5 Å². The van der Waals surface area contributed by atoms with Gasteiger partial charge in [0.1, 0.15) is 11.3 Å². The molecule has 7 heteroatoms. The van der Waals surface area contributed by atoms with Crippen LogP contribution in [0.15, 0.2) is 51.4 Å². The zero-order chi connectivity index (χ0) is 19.3. The van der Waals surface area contributed by atoms with Crippen molar-refractivity contribution in [3.05, 3.63) is 58.4 Å². The highest BCUT2D eigenvalue weighted by Gasteiger charge is 2.17. The van der Waals surface area contributed by atoms with Gasteiger partial charge in [-0.05, 0) is 12.1 Å². The molecule has 142 valence electrons. The lowest BCUT2D eigenvalue weighted by molar-refractivity contribution is 0.570. The molecular weight excluding hydrogens is 358 g/mol. The first-order valence-corrected chi connectivity index (χ1v) is 9.73. The van der Waals surface area contributed by atoms with E-state index in [9.17, 15) is 0 Å². The predicted octanol–water partition coefficient (Wildman–Crippen LogP) is 3.96. The van der Waals surface area contributed by atoms with E-state index >= 15 is 0 Å². The maximum atomic E-state index is 5.56. The van der Waals surface area contributed by atoms with Crippen LogP contribution in [0.3, 0.4) is 0 Å². The molecule has 3 rings (SSSR count). The van der Waals surface area contributed by atoms with Gasteiger partial charge in [-0.15, -0.1) is 11.3 Å². The van der Waals surface area contributed by atoms with E-state index in [0.29, 0.717) is 24.9 Å². The molecule has 0 spiro atoms. The molecule has 0 saturated carbocycles. The van der Waals surface area contributed by atoms with Gasteiger partial charge in [-0.1, -0.05) is 39.0 Å². The van der Waals surface area contributed by atoms with E-state index in [1.165, 1.54) is 0 Å². The van der Waals surface area contributed by atoms with Gasteiger partial charge in [0.25, 0.3) is 0 Å². The zero-order valence-electron chi connectivity index (χ0n) is 16.1. The van der Waals surface area contributed by atoms with Crippen molar-refractivity contribution < 1.29 is 4.42 Å². The van der Waals surface area contributed by atoms with Gasteiger partial charge in [0.2, 0.25) is 5.89 Å². The molecule has 0 aliphatic carbocycles. The van der Waals surface area contributed by atoms with Crippen LogP contribution < -0.4 is 10.6 Å². The van der Waals surface area contributed by atoms with Crippen molar-refractivity contribution in [2.45, 2.75) is 39.3 Å². The van der Waals surface area contributed by atoms with Gasteiger partial charge in [-0.25, -0.2) is 9.97 Å². The number of nitrogens with one attached hydrogen (secondary N) is 2. The van der Waals surface area contributed by atoms with Gasteiger partial charge in [-0.3, -0.25) is 4.99 Å². The SMILES string of the molecule is CN=C(NCc1coc(-c2ccccc2)n1)NCc1nc(C(C)(C)C)cs1. The number of aliphatic imine (C=N–C) groups is 1. The van der Waals surface area contributed by atoms with Crippen LogP contribution >= 0.6 is 11.3 Å². The number of hydrogen-bond acceptors (Lipinski definition) is 5. The molecular formula is C20H25N5OS. The Kier molecular flexibility index (Phi) is 5.91. The van der Waals surface area contributed by atoms with Crippen molar-refractivity contribution in [2.24, 2.45) is 4.99 Å². The summed E-state index contributed by atoms with van der Waals surface area (Å²) in [5, 5.41) is 9.70. The van der Waals surface area contributed by atoms with Crippen LogP contribution in [-0.2, 0) is 18.5 Å². The first-order chi connectivity index (χ1) is 13.0. The quantitative estimate of drug-likeness (QED) is 0.515. The summed E-state index contributed by atoms with van der Waals surface area (Å²) in [6, 6.07) is 9.85. The number of aromatic nitrogens is 2. The molecule has 2 N–H and O–H groups in total. The summed E-state index contributed by atoms with van der Waals surface area (Å²) in [5.74, 6) is 1.32. The minimum absolute atomic E-state index is 0.0675. The Balaban J connectivity index is 1.52. The summed E-state index contributed by atoms with van der Waals surface area (Å²) in [6.45, 7) is 7.67. The third kappa shape index (κ3) is 5.17. The summed E-state index contributed by atoms with van der Waals surface area (Å²) >= 11 is 1.66. The number of nitrogens with zero attached hydrogens (tertiary/aromatic N) is 3. The van der Waals surface area contributed by atoms with Crippen LogP contribution in [0.1, 0.15) is 37.2 Å².